The third-order valence-electron chi connectivity index (χ3n) is 3.76. The molecule has 26 heavy (non-hydrogen) atoms. The first-order chi connectivity index (χ1) is 12.5. The van der Waals surface area contributed by atoms with E-state index in [4.69, 9.17) is 16.0 Å². The first-order valence-corrected chi connectivity index (χ1v) is 8.95. The van der Waals surface area contributed by atoms with Crippen LogP contribution >= 0.6 is 22.9 Å². The molecule has 0 aliphatic rings. The molecule has 2 heterocycles. The number of carbonyl (C=O) groups is 2. The van der Waals surface area contributed by atoms with Crippen LogP contribution < -0.4 is 10.6 Å². The summed E-state index contributed by atoms with van der Waals surface area (Å²) in [5, 5.41) is 19.8. The Morgan fingerprint density at radius 3 is 2.62 bits per heavy atom. The van der Waals surface area contributed by atoms with E-state index in [1.54, 1.807) is 53.2 Å². The van der Waals surface area contributed by atoms with E-state index in [9.17, 15) is 14.7 Å². The zero-order chi connectivity index (χ0) is 18.6. The fourth-order valence-electron chi connectivity index (χ4n) is 2.38. The molecule has 6 nitrogen and oxygen atoms in total. The van der Waals surface area contributed by atoms with Crippen LogP contribution in [0.1, 0.15) is 11.3 Å². The van der Waals surface area contributed by atoms with Crippen molar-refractivity contribution in [3.8, 4) is 0 Å². The Morgan fingerprint density at radius 2 is 1.96 bits per heavy atom. The van der Waals surface area contributed by atoms with Gasteiger partial charge in [-0.3, -0.25) is 9.59 Å². The van der Waals surface area contributed by atoms with Gasteiger partial charge in [-0.1, -0.05) is 23.7 Å². The highest BCUT2D eigenvalue weighted by atomic mass is 35.5. The second kappa shape index (κ2) is 7.74. The molecule has 0 bridgehead atoms. The molecule has 0 spiro atoms. The summed E-state index contributed by atoms with van der Waals surface area (Å²) in [7, 11) is 0. The molecule has 2 amide bonds. The fraction of sp³-hybridized carbons (Fsp3) is 0.111. The van der Waals surface area contributed by atoms with Crippen molar-refractivity contribution >= 4 is 40.4 Å². The van der Waals surface area contributed by atoms with Crippen LogP contribution in [0.4, 0.5) is 5.69 Å². The number of amides is 2. The number of aliphatic hydroxyl groups is 1. The predicted octanol–water partition coefficient (Wildman–Crippen LogP) is 2.99. The highest BCUT2D eigenvalue weighted by molar-refractivity contribution is 7.08. The minimum Gasteiger partial charge on any atom is -0.466 e. The summed E-state index contributed by atoms with van der Waals surface area (Å²) < 4.78 is 5.31. The number of benzene rings is 1. The second-order valence-corrected chi connectivity index (χ2v) is 6.65. The number of thiophene rings is 1. The number of hydrogen-bond donors (Lipinski definition) is 3. The number of carbonyl (C=O) groups excluding carboxylic acids is 2. The molecule has 0 radical (unpaired) electrons. The minimum atomic E-state index is -1.58. The Kier molecular flexibility index (Phi) is 5.41. The topological polar surface area (TPSA) is 91.6 Å². The summed E-state index contributed by atoms with van der Waals surface area (Å²) in [4.78, 5) is 24.2. The summed E-state index contributed by atoms with van der Waals surface area (Å²) in [6.07, 6.45) is 1.43. The van der Waals surface area contributed by atoms with Crippen LogP contribution in [0.2, 0.25) is 5.02 Å². The van der Waals surface area contributed by atoms with Crippen LogP contribution in [0.15, 0.2) is 63.9 Å². The fourth-order valence-corrected chi connectivity index (χ4v) is 3.28. The van der Waals surface area contributed by atoms with E-state index in [1.165, 1.54) is 17.6 Å². The number of halogens is 1. The molecule has 8 heteroatoms. The standard InChI is InChI=1S/C18H15ClN2O4S/c19-13-4-1-2-5-14(13)21-17(23)16(22)20-11-18(24,12-7-9-26-10-12)15-6-3-8-25-15/h1-10,24H,11H2,(H,20,22)(H,21,23)/t18-/m1/s1. The molecular weight excluding hydrogens is 376 g/mol. The van der Waals surface area contributed by atoms with E-state index in [-0.39, 0.29) is 12.3 Å². The van der Waals surface area contributed by atoms with Crippen LogP contribution in [0.5, 0.6) is 0 Å². The molecule has 0 saturated heterocycles. The normalized spacial score (nSPS) is 13.0. The third kappa shape index (κ3) is 3.80. The van der Waals surface area contributed by atoms with Crippen molar-refractivity contribution in [3.05, 3.63) is 75.8 Å². The number of para-hydroxylation sites is 1. The molecule has 134 valence electrons. The van der Waals surface area contributed by atoms with Crippen molar-refractivity contribution in [3.63, 3.8) is 0 Å². The lowest BCUT2D eigenvalue weighted by molar-refractivity contribution is -0.136. The van der Waals surface area contributed by atoms with Crippen LogP contribution in [-0.2, 0) is 15.2 Å². The lowest BCUT2D eigenvalue weighted by Gasteiger charge is -2.25. The van der Waals surface area contributed by atoms with Gasteiger partial charge in [-0.25, -0.2) is 0 Å². The Hall–Kier alpha value is -2.61. The van der Waals surface area contributed by atoms with Gasteiger partial charge in [0.25, 0.3) is 0 Å². The third-order valence-corrected chi connectivity index (χ3v) is 4.77. The molecule has 2 aromatic heterocycles. The van der Waals surface area contributed by atoms with Crippen molar-refractivity contribution in [2.45, 2.75) is 5.60 Å². The Morgan fingerprint density at radius 1 is 1.15 bits per heavy atom. The van der Waals surface area contributed by atoms with Crippen LogP contribution in [0.25, 0.3) is 0 Å². The number of rotatable bonds is 5. The molecule has 0 saturated carbocycles. The molecule has 3 rings (SSSR count). The number of hydrogen-bond acceptors (Lipinski definition) is 5. The van der Waals surface area contributed by atoms with Gasteiger partial charge in [0, 0.05) is 5.56 Å². The summed E-state index contributed by atoms with van der Waals surface area (Å²) in [6.45, 7) is -0.230. The lowest BCUT2D eigenvalue weighted by atomic mass is 9.93. The highest BCUT2D eigenvalue weighted by Crippen LogP contribution is 2.31. The first kappa shape index (κ1) is 18.2. The van der Waals surface area contributed by atoms with Gasteiger partial charge in [0.1, 0.15) is 5.76 Å². The Bertz CT molecular complexity index is 860. The van der Waals surface area contributed by atoms with Gasteiger partial charge in [0.15, 0.2) is 5.60 Å². The van der Waals surface area contributed by atoms with Crippen molar-refractivity contribution < 1.29 is 19.1 Å². The lowest BCUT2D eigenvalue weighted by Crippen LogP contribution is -2.45. The molecule has 0 fully saturated rings. The van der Waals surface area contributed by atoms with E-state index in [0.717, 1.165) is 0 Å². The average Bonchev–Trinajstić information content (AvgIpc) is 3.35. The van der Waals surface area contributed by atoms with Crippen molar-refractivity contribution in [2.75, 3.05) is 11.9 Å². The van der Waals surface area contributed by atoms with E-state index in [2.05, 4.69) is 10.6 Å². The highest BCUT2D eigenvalue weighted by Gasteiger charge is 2.36. The monoisotopic (exact) mass is 390 g/mol. The number of nitrogens with one attached hydrogen (secondary N) is 2. The molecule has 0 aliphatic heterocycles. The maximum Gasteiger partial charge on any atom is 0.313 e. The minimum absolute atomic E-state index is 0.230. The maximum absolute atomic E-state index is 12.1. The molecule has 3 aromatic rings. The van der Waals surface area contributed by atoms with E-state index < -0.39 is 17.4 Å². The van der Waals surface area contributed by atoms with Crippen LogP contribution in [0.3, 0.4) is 0 Å². The summed E-state index contributed by atoms with van der Waals surface area (Å²) in [5.74, 6) is -1.52. The molecule has 1 atom stereocenters. The van der Waals surface area contributed by atoms with Crippen molar-refractivity contribution in [1.29, 1.82) is 0 Å². The van der Waals surface area contributed by atoms with Gasteiger partial charge in [-0.05, 0) is 41.1 Å². The summed E-state index contributed by atoms with van der Waals surface area (Å²) in [5.41, 5.74) is -0.693. The van der Waals surface area contributed by atoms with Crippen molar-refractivity contribution in [1.82, 2.24) is 5.32 Å². The van der Waals surface area contributed by atoms with Gasteiger partial charge in [-0.15, -0.1) is 0 Å². The van der Waals surface area contributed by atoms with E-state index >= 15 is 0 Å². The van der Waals surface area contributed by atoms with Crippen LogP contribution in [-0.4, -0.2) is 23.5 Å². The number of furan rings is 1. The average molecular weight is 391 g/mol. The summed E-state index contributed by atoms with van der Waals surface area (Å²) in [6, 6.07) is 11.5. The van der Waals surface area contributed by atoms with Gasteiger partial charge in [0.05, 0.1) is 23.5 Å². The van der Waals surface area contributed by atoms with Gasteiger partial charge < -0.3 is 20.2 Å². The summed E-state index contributed by atoms with van der Waals surface area (Å²) >= 11 is 7.36. The van der Waals surface area contributed by atoms with Gasteiger partial charge in [0.2, 0.25) is 0 Å². The molecular formula is C18H15ClN2O4S. The Balaban J connectivity index is 1.70. The SMILES string of the molecule is O=C(NC[C@@](O)(c1ccsc1)c1ccco1)C(=O)Nc1ccccc1Cl. The van der Waals surface area contributed by atoms with E-state index in [0.29, 0.717) is 16.3 Å². The van der Waals surface area contributed by atoms with E-state index in [1.807, 2.05) is 0 Å². The van der Waals surface area contributed by atoms with Crippen molar-refractivity contribution in [2.24, 2.45) is 0 Å². The zero-order valence-corrected chi connectivity index (χ0v) is 15.0. The first-order valence-electron chi connectivity index (χ1n) is 7.63. The molecule has 0 unspecified atom stereocenters. The van der Waals surface area contributed by atoms with Gasteiger partial charge in [-0.2, -0.15) is 11.3 Å². The van der Waals surface area contributed by atoms with Gasteiger partial charge >= 0.3 is 11.8 Å². The molecule has 1 aromatic carbocycles. The smallest absolute Gasteiger partial charge is 0.313 e. The second-order valence-electron chi connectivity index (χ2n) is 5.47. The van der Waals surface area contributed by atoms with Crippen LogP contribution in [0, 0.1) is 0 Å². The molecule has 3 N–H and O–H groups in total. The Labute approximate surface area is 158 Å². The quantitative estimate of drug-likeness (QED) is 0.584. The largest absolute Gasteiger partial charge is 0.466 e. The zero-order valence-electron chi connectivity index (χ0n) is 13.4. The number of anilines is 1. The maximum atomic E-state index is 12.1. The predicted molar refractivity (Wildman–Crippen MR) is 99.1 cm³/mol. The molecule has 0 aliphatic carbocycles.